The molecule has 0 aliphatic carbocycles. The maximum Gasteiger partial charge on any atom is 0.325 e. The van der Waals surface area contributed by atoms with Crippen LogP contribution in [-0.4, -0.2) is 31.6 Å². The molecule has 0 spiro atoms. The maximum atomic E-state index is 11.7. The third-order valence-corrected chi connectivity index (χ3v) is 3.34. The first-order valence-corrected chi connectivity index (χ1v) is 7.88. The van der Waals surface area contributed by atoms with Crippen molar-refractivity contribution in [3.05, 3.63) is 28.2 Å². The van der Waals surface area contributed by atoms with Crippen molar-refractivity contribution in [1.29, 1.82) is 0 Å². The van der Waals surface area contributed by atoms with E-state index in [0.717, 1.165) is 10.0 Å². The highest BCUT2D eigenvalue weighted by atomic mass is 79.9. The van der Waals surface area contributed by atoms with Gasteiger partial charge in [-0.05, 0) is 30.5 Å². The fourth-order valence-corrected chi connectivity index (χ4v) is 2.15. The SMILES string of the molecule is CCOC(=O)CNC(=O)COc1ccc(Br)cc1C(C)(C)C. The molecule has 0 heterocycles. The fraction of sp³-hybridized carbons (Fsp3) is 0.500. The van der Waals surface area contributed by atoms with Crippen molar-refractivity contribution in [2.45, 2.75) is 33.1 Å². The molecule has 0 aromatic heterocycles. The van der Waals surface area contributed by atoms with E-state index in [-0.39, 0.29) is 24.5 Å². The third kappa shape index (κ3) is 6.05. The molecule has 0 aliphatic rings. The Hall–Kier alpha value is -1.56. The molecule has 0 atom stereocenters. The van der Waals surface area contributed by atoms with Gasteiger partial charge in [0.25, 0.3) is 5.91 Å². The fourth-order valence-electron chi connectivity index (χ4n) is 1.79. The molecule has 0 saturated carbocycles. The van der Waals surface area contributed by atoms with Crippen LogP contribution in [-0.2, 0) is 19.7 Å². The van der Waals surface area contributed by atoms with Gasteiger partial charge < -0.3 is 14.8 Å². The van der Waals surface area contributed by atoms with Crippen molar-refractivity contribution in [3.63, 3.8) is 0 Å². The highest BCUT2D eigenvalue weighted by Gasteiger charge is 2.20. The van der Waals surface area contributed by atoms with E-state index in [0.29, 0.717) is 12.4 Å². The number of carbonyl (C=O) groups excluding carboxylic acids is 2. The van der Waals surface area contributed by atoms with Gasteiger partial charge in [-0.3, -0.25) is 9.59 Å². The minimum absolute atomic E-state index is 0.111. The second-order valence-electron chi connectivity index (χ2n) is 5.76. The molecule has 1 aromatic carbocycles. The van der Waals surface area contributed by atoms with Crippen LogP contribution in [0.2, 0.25) is 0 Å². The van der Waals surface area contributed by atoms with Gasteiger partial charge in [0.15, 0.2) is 6.61 Å². The Morgan fingerprint density at radius 1 is 1.27 bits per heavy atom. The lowest BCUT2D eigenvalue weighted by Crippen LogP contribution is -2.34. The lowest BCUT2D eigenvalue weighted by Gasteiger charge is -2.23. The topological polar surface area (TPSA) is 64.6 Å². The molecule has 0 unspecified atom stereocenters. The zero-order chi connectivity index (χ0) is 16.8. The highest BCUT2D eigenvalue weighted by molar-refractivity contribution is 9.10. The normalized spacial score (nSPS) is 11.0. The zero-order valence-corrected chi connectivity index (χ0v) is 15.0. The molecule has 1 rings (SSSR count). The highest BCUT2D eigenvalue weighted by Crippen LogP contribution is 2.33. The van der Waals surface area contributed by atoms with Crippen molar-refractivity contribution >= 4 is 27.8 Å². The predicted octanol–water partition coefficient (Wildman–Crippen LogP) is 2.80. The van der Waals surface area contributed by atoms with Crippen LogP contribution in [0.5, 0.6) is 5.75 Å². The first-order chi connectivity index (χ1) is 10.2. The average molecular weight is 372 g/mol. The summed E-state index contributed by atoms with van der Waals surface area (Å²) < 4.78 is 11.3. The molecule has 0 aliphatic heterocycles. The van der Waals surface area contributed by atoms with Gasteiger partial charge in [0.1, 0.15) is 12.3 Å². The van der Waals surface area contributed by atoms with E-state index in [2.05, 4.69) is 42.0 Å². The summed E-state index contributed by atoms with van der Waals surface area (Å²) in [6.45, 7) is 7.92. The van der Waals surface area contributed by atoms with Crippen LogP contribution in [0.4, 0.5) is 0 Å². The van der Waals surface area contributed by atoms with Crippen LogP contribution < -0.4 is 10.1 Å². The summed E-state index contributed by atoms with van der Waals surface area (Å²) in [5.74, 6) is -0.173. The van der Waals surface area contributed by atoms with E-state index in [1.807, 2.05) is 18.2 Å². The minimum Gasteiger partial charge on any atom is -0.483 e. The lowest BCUT2D eigenvalue weighted by atomic mass is 9.86. The molecule has 5 nitrogen and oxygen atoms in total. The molecule has 0 fully saturated rings. The number of benzene rings is 1. The largest absolute Gasteiger partial charge is 0.483 e. The molecule has 6 heteroatoms. The van der Waals surface area contributed by atoms with Gasteiger partial charge in [0, 0.05) is 10.0 Å². The zero-order valence-electron chi connectivity index (χ0n) is 13.4. The molecule has 1 amide bonds. The smallest absolute Gasteiger partial charge is 0.325 e. The van der Waals surface area contributed by atoms with Gasteiger partial charge in [0.05, 0.1) is 6.61 Å². The molecule has 0 radical (unpaired) electrons. The second kappa shape index (κ2) is 8.17. The standard InChI is InChI=1S/C16H22BrNO4/c1-5-21-15(20)9-18-14(19)10-22-13-7-6-11(17)8-12(13)16(2,3)4/h6-8H,5,9-10H2,1-4H3,(H,18,19). The Morgan fingerprint density at radius 2 is 1.95 bits per heavy atom. The summed E-state index contributed by atoms with van der Waals surface area (Å²) in [5.41, 5.74) is 0.889. The Morgan fingerprint density at radius 3 is 2.55 bits per heavy atom. The van der Waals surface area contributed by atoms with Gasteiger partial charge >= 0.3 is 5.97 Å². The predicted molar refractivity (Wildman–Crippen MR) is 88.0 cm³/mol. The molecule has 0 bridgehead atoms. The summed E-state index contributed by atoms with van der Waals surface area (Å²) in [6.07, 6.45) is 0. The van der Waals surface area contributed by atoms with Crippen molar-refractivity contribution in [2.24, 2.45) is 0 Å². The molecule has 22 heavy (non-hydrogen) atoms. The van der Waals surface area contributed by atoms with Crippen LogP contribution in [0, 0.1) is 0 Å². The number of hydrogen-bond acceptors (Lipinski definition) is 4. The molecule has 0 saturated heterocycles. The Kier molecular flexibility index (Phi) is 6.87. The maximum absolute atomic E-state index is 11.7. The van der Waals surface area contributed by atoms with Crippen LogP contribution in [0.1, 0.15) is 33.3 Å². The summed E-state index contributed by atoms with van der Waals surface area (Å²) in [4.78, 5) is 22.9. The number of esters is 1. The van der Waals surface area contributed by atoms with E-state index in [4.69, 9.17) is 9.47 Å². The van der Waals surface area contributed by atoms with E-state index >= 15 is 0 Å². The van der Waals surface area contributed by atoms with Gasteiger partial charge in [-0.25, -0.2) is 0 Å². The van der Waals surface area contributed by atoms with E-state index in [9.17, 15) is 9.59 Å². The first kappa shape index (κ1) is 18.5. The summed E-state index contributed by atoms with van der Waals surface area (Å²) in [7, 11) is 0. The lowest BCUT2D eigenvalue weighted by molar-refractivity contribution is -0.143. The van der Waals surface area contributed by atoms with Gasteiger partial charge in [-0.15, -0.1) is 0 Å². The molecule has 1 aromatic rings. The van der Waals surface area contributed by atoms with E-state index in [1.54, 1.807) is 6.92 Å². The number of nitrogens with one attached hydrogen (secondary N) is 1. The van der Waals surface area contributed by atoms with Crippen molar-refractivity contribution in [2.75, 3.05) is 19.8 Å². The van der Waals surface area contributed by atoms with Crippen LogP contribution in [0.15, 0.2) is 22.7 Å². The number of rotatable bonds is 6. The Labute approximate surface area is 139 Å². The van der Waals surface area contributed by atoms with Gasteiger partial charge in [-0.2, -0.15) is 0 Å². The number of amides is 1. The van der Waals surface area contributed by atoms with Crippen LogP contribution in [0.25, 0.3) is 0 Å². The monoisotopic (exact) mass is 371 g/mol. The number of ether oxygens (including phenoxy) is 2. The van der Waals surface area contributed by atoms with Crippen molar-refractivity contribution < 1.29 is 19.1 Å². The molecular weight excluding hydrogens is 350 g/mol. The van der Waals surface area contributed by atoms with Crippen molar-refractivity contribution in [3.8, 4) is 5.75 Å². The summed E-state index contributed by atoms with van der Waals surface area (Å²) in [6, 6.07) is 5.66. The van der Waals surface area contributed by atoms with Crippen LogP contribution in [0.3, 0.4) is 0 Å². The molecule has 1 N–H and O–H groups in total. The number of halogens is 1. The summed E-state index contributed by atoms with van der Waals surface area (Å²) in [5, 5.41) is 2.46. The van der Waals surface area contributed by atoms with E-state index in [1.165, 1.54) is 0 Å². The second-order valence-corrected chi connectivity index (χ2v) is 6.68. The number of carbonyl (C=O) groups is 2. The van der Waals surface area contributed by atoms with Gasteiger partial charge in [0.2, 0.25) is 0 Å². The quantitative estimate of drug-likeness (QED) is 0.780. The molecular formula is C16H22BrNO4. The minimum atomic E-state index is -0.463. The summed E-state index contributed by atoms with van der Waals surface area (Å²) >= 11 is 3.44. The number of hydrogen-bond donors (Lipinski definition) is 1. The Bertz CT molecular complexity index is 537. The first-order valence-electron chi connectivity index (χ1n) is 7.09. The van der Waals surface area contributed by atoms with Crippen molar-refractivity contribution in [1.82, 2.24) is 5.32 Å². The average Bonchev–Trinajstić information content (AvgIpc) is 2.43. The third-order valence-electron chi connectivity index (χ3n) is 2.84. The molecule has 122 valence electrons. The Balaban J connectivity index is 2.61. The van der Waals surface area contributed by atoms with Gasteiger partial charge in [-0.1, -0.05) is 36.7 Å². The van der Waals surface area contributed by atoms with Crippen LogP contribution >= 0.6 is 15.9 Å². The van der Waals surface area contributed by atoms with E-state index < -0.39 is 5.97 Å².